The molecule has 1 saturated heterocycles. The van der Waals surface area contributed by atoms with Crippen molar-refractivity contribution in [3.8, 4) is 0 Å². The molecule has 0 bridgehead atoms. The topological polar surface area (TPSA) is 52.6 Å². The lowest BCUT2D eigenvalue weighted by Crippen LogP contribution is -2.49. The van der Waals surface area contributed by atoms with Gasteiger partial charge in [-0.2, -0.15) is 0 Å². The van der Waals surface area contributed by atoms with Crippen LogP contribution >= 0.6 is 15.9 Å². The van der Waals surface area contributed by atoms with E-state index >= 15 is 0 Å². The van der Waals surface area contributed by atoms with Crippen molar-refractivity contribution in [3.05, 3.63) is 33.8 Å². The minimum atomic E-state index is -0.878. The highest BCUT2D eigenvalue weighted by Crippen LogP contribution is 2.21. The summed E-state index contributed by atoms with van der Waals surface area (Å²) in [5, 5.41) is 12.4. The Morgan fingerprint density at radius 1 is 1.61 bits per heavy atom. The summed E-state index contributed by atoms with van der Waals surface area (Å²) in [6.45, 7) is 5.92. The molecule has 0 radical (unpaired) electrons. The molecular formula is C13H17BrN2O2. The first-order chi connectivity index (χ1) is 8.58. The molecule has 1 fully saturated rings. The minimum absolute atomic E-state index is 0.344. The van der Waals surface area contributed by atoms with Crippen LogP contribution in [0.2, 0.25) is 0 Å². The van der Waals surface area contributed by atoms with Crippen molar-refractivity contribution >= 4 is 21.9 Å². The largest absolute Gasteiger partial charge is 0.478 e. The third-order valence-corrected chi connectivity index (χ3v) is 4.08. The van der Waals surface area contributed by atoms with Crippen LogP contribution in [0, 0.1) is 0 Å². The maximum absolute atomic E-state index is 11.0. The van der Waals surface area contributed by atoms with Crippen LogP contribution in [-0.4, -0.2) is 41.7 Å². The Kier molecular flexibility index (Phi) is 4.37. The Balaban J connectivity index is 2.17. The molecule has 4 nitrogen and oxygen atoms in total. The van der Waals surface area contributed by atoms with Gasteiger partial charge >= 0.3 is 5.97 Å². The summed E-state index contributed by atoms with van der Waals surface area (Å²) in [6, 6.07) is 5.66. The van der Waals surface area contributed by atoms with Gasteiger partial charge in [0.2, 0.25) is 0 Å². The van der Waals surface area contributed by atoms with Gasteiger partial charge in [0.05, 0.1) is 5.56 Å². The fourth-order valence-electron chi connectivity index (χ4n) is 2.17. The molecule has 5 heteroatoms. The van der Waals surface area contributed by atoms with Gasteiger partial charge in [-0.3, -0.25) is 4.90 Å². The third kappa shape index (κ3) is 3.10. The second-order valence-corrected chi connectivity index (χ2v) is 5.49. The van der Waals surface area contributed by atoms with Gasteiger partial charge in [-0.1, -0.05) is 15.9 Å². The van der Waals surface area contributed by atoms with E-state index in [0.717, 1.165) is 36.2 Å². The van der Waals surface area contributed by atoms with E-state index in [0.29, 0.717) is 11.6 Å². The molecule has 0 aliphatic carbocycles. The number of carboxylic acid groups (broad SMARTS) is 1. The zero-order valence-electron chi connectivity index (χ0n) is 10.3. The van der Waals surface area contributed by atoms with Crippen molar-refractivity contribution in [2.45, 2.75) is 19.5 Å². The van der Waals surface area contributed by atoms with Crippen LogP contribution in [0.3, 0.4) is 0 Å². The van der Waals surface area contributed by atoms with E-state index in [1.165, 1.54) is 0 Å². The van der Waals surface area contributed by atoms with E-state index in [9.17, 15) is 4.79 Å². The van der Waals surface area contributed by atoms with Crippen LogP contribution in [-0.2, 0) is 6.54 Å². The van der Waals surface area contributed by atoms with Crippen LogP contribution in [0.15, 0.2) is 22.7 Å². The molecule has 1 heterocycles. The van der Waals surface area contributed by atoms with Gasteiger partial charge in [0.25, 0.3) is 0 Å². The molecule has 18 heavy (non-hydrogen) atoms. The van der Waals surface area contributed by atoms with Crippen molar-refractivity contribution in [1.82, 2.24) is 10.2 Å². The number of piperazine rings is 1. The monoisotopic (exact) mass is 312 g/mol. The van der Waals surface area contributed by atoms with E-state index in [1.807, 2.05) is 6.07 Å². The normalized spacial score (nSPS) is 20.9. The van der Waals surface area contributed by atoms with E-state index in [2.05, 4.69) is 33.1 Å². The Labute approximate surface area is 115 Å². The molecule has 2 rings (SSSR count). The van der Waals surface area contributed by atoms with Gasteiger partial charge in [-0.05, 0) is 30.7 Å². The average molecular weight is 313 g/mol. The van der Waals surface area contributed by atoms with Gasteiger partial charge in [0, 0.05) is 36.7 Å². The highest BCUT2D eigenvalue weighted by atomic mass is 79.9. The number of halogens is 1. The van der Waals surface area contributed by atoms with Crippen molar-refractivity contribution in [1.29, 1.82) is 0 Å². The zero-order valence-corrected chi connectivity index (χ0v) is 11.9. The number of aromatic carboxylic acids is 1. The van der Waals surface area contributed by atoms with Crippen LogP contribution < -0.4 is 5.32 Å². The Morgan fingerprint density at radius 3 is 3.06 bits per heavy atom. The van der Waals surface area contributed by atoms with Crippen molar-refractivity contribution in [2.24, 2.45) is 0 Å². The molecule has 1 aromatic carbocycles. The van der Waals surface area contributed by atoms with Gasteiger partial charge in [-0.15, -0.1) is 0 Å². The first-order valence-corrected chi connectivity index (χ1v) is 6.83. The smallest absolute Gasteiger partial charge is 0.335 e. The second kappa shape index (κ2) is 5.82. The van der Waals surface area contributed by atoms with Crippen LogP contribution in [0.4, 0.5) is 0 Å². The van der Waals surface area contributed by atoms with E-state index in [4.69, 9.17) is 5.11 Å². The summed E-state index contributed by atoms with van der Waals surface area (Å²) in [6.07, 6.45) is 0. The average Bonchev–Trinajstić information content (AvgIpc) is 2.34. The van der Waals surface area contributed by atoms with Gasteiger partial charge in [-0.25, -0.2) is 4.79 Å². The van der Waals surface area contributed by atoms with Crippen molar-refractivity contribution < 1.29 is 9.90 Å². The molecule has 1 atom stereocenters. The number of nitrogens with zero attached hydrogens (tertiary/aromatic N) is 1. The summed E-state index contributed by atoms with van der Waals surface area (Å²) >= 11 is 3.49. The summed E-state index contributed by atoms with van der Waals surface area (Å²) in [5.74, 6) is -0.878. The predicted octanol–water partition coefficient (Wildman–Crippen LogP) is 1.94. The summed E-state index contributed by atoms with van der Waals surface area (Å²) in [7, 11) is 0. The Hall–Kier alpha value is -0.910. The molecule has 0 spiro atoms. The first kappa shape index (κ1) is 13.5. The fourth-order valence-corrected chi connectivity index (χ4v) is 2.54. The van der Waals surface area contributed by atoms with Crippen molar-refractivity contribution in [2.75, 3.05) is 19.6 Å². The number of hydrogen-bond donors (Lipinski definition) is 2. The highest BCUT2D eigenvalue weighted by molar-refractivity contribution is 9.10. The lowest BCUT2D eigenvalue weighted by Gasteiger charge is -2.34. The van der Waals surface area contributed by atoms with Crippen molar-refractivity contribution in [3.63, 3.8) is 0 Å². The standard InChI is InChI=1S/C13H17BrN2O2/c1-9-7-15-4-5-16(9)8-11-6-10(13(17)18)2-3-12(11)14/h2-3,6,9,15H,4-5,7-8H2,1H3,(H,17,18). The van der Waals surface area contributed by atoms with E-state index in [1.54, 1.807) is 12.1 Å². The number of rotatable bonds is 3. The lowest BCUT2D eigenvalue weighted by atomic mass is 10.1. The van der Waals surface area contributed by atoms with Gasteiger partial charge in [0.1, 0.15) is 0 Å². The number of carbonyl (C=O) groups is 1. The minimum Gasteiger partial charge on any atom is -0.478 e. The molecule has 0 saturated carbocycles. The molecule has 1 aromatic rings. The van der Waals surface area contributed by atoms with Crippen LogP contribution in [0.25, 0.3) is 0 Å². The highest BCUT2D eigenvalue weighted by Gasteiger charge is 2.19. The summed E-state index contributed by atoms with van der Waals surface area (Å²) in [5.41, 5.74) is 1.37. The Bertz CT molecular complexity index is 451. The maximum Gasteiger partial charge on any atom is 0.335 e. The maximum atomic E-state index is 11.0. The lowest BCUT2D eigenvalue weighted by molar-refractivity contribution is 0.0696. The van der Waals surface area contributed by atoms with E-state index < -0.39 is 5.97 Å². The van der Waals surface area contributed by atoms with Crippen LogP contribution in [0.1, 0.15) is 22.8 Å². The number of nitrogens with one attached hydrogen (secondary N) is 1. The first-order valence-electron chi connectivity index (χ1n) is 6.04. The molecule has 98 valence electrons. The molecule has 0 aromatic heterocycles. The Morgan fingerprint density at radius 2 is 2.39 bits per heavy atom. The fraction of sp³-hybridized carbons (Fsp3) is 0.462. The number of hydrogen-bond acceptors (Lipinski definition) is 3. The number of carboxylic acids is 1. The molecule has 1 aliphatic heterocycles. The molecule has 0 amide bonds. The second-order valence-electron chi connectivity index (χ2n) is 4.63. The number of benzene rings is 1. The van der Waals surface area contributed by atoms with E-state index in [-0.39, 0.29) is 0 Å². The molecular weight excluding hydrogens is 296 g/mol. The molecule has 1 aliphatic rings. The quantitative estimate of drug-likeness (QED) is 0.895. The molecule has 1 unspecified atom stereocenters. The molecule has 2 N–H and O–H groups in total. The predicted molar refractivity (Wildman–Crippen MR) is 73.8 cm³/mol. The summed E-state index contributed by atoms with van der Waals surface area (Å²) < 4.78 is 0.971. The summed E-state index contributed by atoms with van der Waals surface area (Å²) in [4.78, 5) is 13.3. The zero-order chi connectivity index (χ0) is 13.1. The van der Waals surface area contributed by atoms with Gasteiger partial charge in [0.15, 0.2) is 0 Å². The SMILES string of the molecule is CC1CNCCN1Cc1cc(C(=O)O)ccc1Br. The van der Waals surface area contributed by atoms with Crippen LogP contribution in [0.5, 0.6) is 0 Å². The van der Waals surface area contributed by atoms with Gasteiger partial charge < -0.3 is 10.4 Å². The third-order valence-electron chi connectivity index (χ3n) is 3.30.